The van der Waals surface area contributed by atoms with E-state index < -0.39 is 18.5 Å². The van der Waals surface area contributed by atoms with Crippen LogP contribution in [0.15, 0.2) is 22.8 Å². The van der Waals surface area contributed by atoms with E-state index in [1.807, 2.05) is 0 Å². The number of halogens is 4. The number of carbonyl (C=O) groups excluding carboxylic acids is 1. The van der Waals surface area contributed by atoms with Crippen LogP contribution in [0.1, 0.15) is 51.9 Å². The van der Waals surface area contributed by atoms with Gasteiger partial charge in [0.15, 0.2) is 0 Å². The molecular formula is C16H25ClF3NO2. The maximum atomic E-state index is 11.9. The molecule has 1 aliphatic carbocycles. The normalized spacial score (nSPS) is 17.5. The van der Waals surface area contributed by atoms with E-state index in [1.165, 1.54) is 38.2 Å². The lowest BCUT2D eigenvalue weighted by atomic mass is 9.90. The lowest BCUT2D eigenvalue weighted by Crippen LogP contribution is -2.15. The first-order valence-corrected chi connectivity index (χ1v) is 8.12. The van der Waals surface area contributed by atoms with Crippen LogP contribution in [-0.2, 0) is 4.79 Å². The summed E-state index contributed by atoms with van der Waals surface area (Å²) in [6.07, 6.45) is 3.61. The van der Waals surface area contributed by atoms with Gasteiger partial charge in [-0.3, -0.25) is 4.79 Å². The number of alkyl halides is 3. The number of aliphatic hydroxyl groups is 1. The molecule has 1 fully saturated rings. The number of hydrogen-bond acceptors (Lipinski definition) is 2. The Hall–Kier alpha value is -1.01. The Balaban J connectivity index is 0.000000502. The average Bonchev–Trinajstić information content (AvgIpc) is 2.47. The maximum Gasteiger partial charge on any atom is 0.392 e. The van der Waals surface area contributed by atoms with Gasteiger partial charge in [0.2, 0.25) is 5.91 Å². The quantitative estimate of drug-likeness (QED) is 0.565. The summed E-state index contributed by atoms with van der Waals surface area (Å²) in [7, 11) is 0. The molecule has 1 saturated carbocycles. The summed E-state index contributed by atoms with van der Waals surface area (Å²) in [5.74, 6) is -0.322. The van der Waals surface area contributed by atoms with Crippen molar-refractivity contribution < 1.29 is 23.1 Å². The molecule has 0 heterocycles. The highest BCUT2D eigenvalue weighted by Gasteiger charge is 2.26. The van der Waals surface area contributed by atoms with Crippen LogP contribution in [0.25, 0.3) is 0 Å². The van der Waals surface area contributed by atoms with Crippen LogP contribution in [0.3, 0.4) is 0 Å². The Labute approximate surface area is 140 Å². The third-order valence-electron chi connectivity index (χ3n) is 3.43. The monoisotopic (exact) mass is 355 g/mol. The summed E-state index contributed by atoms with van der Waals surface area (Å²) in [6.45, 7) is 2.16. The number of nitrogens with two attached hydrogens (primary N) is 1. The molecular weight excluding hydrogens is 331 g/mol. The molecule has 0 aromatic rings. The van der Waals surface area contributed by atoms with Crippen LogP contribution in [-0.4, -0.2) is 23.8 Å². The minimum absolute atomic E-state index is 0.0470. The molecule has 0 spiro atoms. The molecule has 7 heteroatoms. The van der Waals surface area contributed by atoms with Crippen molar-refractivity contribution in [1.29, 1.82) is 0 Å². The van der Waals surface area contributed by atoms with Gasteiger partial charge in [-0.05, 0) is 25.2 Å². The number of amides is 1. The van der Waals surface area contributed by atoms with Gasteiger partial charge in [-0.2, -0.15) is 13.2 Å². The third kappa shape index (κ3) is 11.2. The predicted molar refractivity (Wildman–Crippen MR) is 85.8 cm³/mol. The van der Waals surface area contributed by atoms with Crippen LogP contribution in [0.5, 0.6) is 0 Å². The molecule has 0 radical (unpaired) electrons. The van der Waals surface area contributed by atoms with Gasteiger partial charge in [-0.1, -0.05) is 49.9 Å². The van der Waals surface area contributed by atoms with Crippen molar-refractivity contribution in [3.05, 3.63) is 22.8 Å². The highest BCUT2D eigenvalue weighted by molar-refractivity contribution is 6.35. The van der Waals surface area contributed by atoms with Crippen molar-refractivity contribution in [3.63, 3.8) is 0 Å². The van der Waals surface area contributed by atoms with Crippen molar-refractivity contribution in [1.82, 2.24) is 0 Å². The summed E-state index contributed by atoms with van der Waals surface area (Å²) in [5, 5.41) is 8.64. The average molecular weight is 356 g/mol. The smallest absolute Gasteiger partial charge is 0.392 e. The van der Waals surface area contributed by atoms with Crippen LogP contribution in [0.4, 0.5) is 13.2 Å². The Morgan fingerprint density at radius 3 is 2.17 bits per heavy atom. The number of rotatable bonds is 5. The molecule has 23 heavy (non-hydrogen) atoms. The zero-order valence-corrected chi connectivity index (χ0v) is 14.1. The second-order valence-corrected chi connectivity index (χ2v) is 5.86. The zero-order chi connectivity index (χ0) is 17.9. The Morgan fingerprint density at radius 1 is 1.26 bits per heavy atom. The van der Waals surface area contributed by atoms with Crippen molar-refractivity contribution in [2.75, 3.05) is 6.61 Å². The molecule has 0 saturated heterocycles. The van der Waals surface area contributed by atoms with E-state index in [-0.39, 0.29) is 10.6 Å². The van der Waals surface area contributed by atoms with Crippen LogP contribution in [0, 0.1) is 5.92 Å². The minimum atomic E-state index is -4.37. The molecule has 1 amide bonds. The summed E-state index contributed by atoms with van der Waals surface area (Å²) in [4.78, 5) is 10.8. The zero-order valence-electron chi connectivity index (χ0n) is 13.3. The lowest BCUT2D eigenvalue weighted by Gasteiger charge is -2.18. The molecule has 0 aromatic heterocycles. The summed E-state index contributed by atoms with van der Waals surface area (Å²) in [5.41, 5.74) is 4.60. The highest BCUT2D eigenvalue weighted by atomic mass is 35.5. The molecule has 0 bridgehead atoms. The van der Waals surface area contributed by atoms with Crippen LogP contribution < -0.4 is 5.73 Å². The Morgan fingerprint density at radius 2 is 1.83 bits per heavy atom. The van der Waals surface area contributed by atoms with Crippen LogP contribution >= 0.6 is 11.6 Å². The van der Waals surface area contributed by atoms with Gasteiger partial charge < -0.3 is 10.8 Å². The fourth-order valence-corrected chi connectivity index (χ4v) is 2.52. The fourth-order valence-electron chi connectivity index (χ4n) is 2.19. The number of carbonyl (C=O) groups is 1. The van der Waals surface area contributed by atoms with E-state index in [0.29, 0.717) is 25.0 Å². The van der Waals surface area contributed by atoms with E-state index >= 15 is 0 Å². The van der Waals surface area contributed by atoms with Gasteiger partial charge in [-0.15, -0.1) is 0 Å². The van der Waals surface area contributed by atoms with E-state index in [1.54, 1.807) is 6.92 Å². The summed E-state index contributed by atoms with van der Waals surface area (Å²) >= 11 is 5.60. The van der Waals surface area contributed by atoms with Crippen LogP contribution in [0.2, 0.25) is 0 Å². The molecule has 1 rings (SSSR count). The van der Waals surface area contributed by atoms with E-state index in [4.69, 9.17) is 22.4 Å². The van der Waals surface area contributed by atoms with Crippen molar-refractivity contribution in [3.8, 4) is 0 Å². The minimum Gasteiger partial charge on any atom is -0.396 e. The molecule has 0 atom stereocenters. The van der Waals surface area contributed by atoms with Gasteiger partial charge in [0.1, 0.15) is 0 Å². The molecule has 3 N–H and O–H groups in total. The van der Waals surface area contributed by atoms with Gasteiger partial charge in [0.05, 0.1) is 12.0 Å². The first-order chi connectivity index (χ1) is 10.7. The van der Waals surface area contributed by atoms with Gasteiger partial charge in [0, 0.05) is 11.6 Å². The molecule has 0 aromatic carbocycles. The number of aliphatic hydroxyl groups excluding tert-OH is 1. The van der Waals surface area contributed by atoms with E-state index in [9.17, 15) is 18.0 Å². The molecule has 0 unspecified atom stereocenters. The number of hydrogen-bond donors (Lipinski definition) is 2. The standard InChI is InChI=1S/C9H11ClF3NO.C7H14O/c1-2-3-7(10)6(8(14)15)4-5-9(11,12)13;8-6-7-4-2-1-3-5-7/h3-4H,2,5H2,1H3,(H2,14,15);7-8H,1-6H2/b6-4+,7-3+;. The summed E-state index contributed by atoms with van der Waals surface area (Å²) < 4.78 is 35.6. The first-order valence-electron chi connectivity index (χ1n) is 7.74. The third-order valence-corrected chi connectivity index (χ3v) is 3.78. The molecule has 0 aliphatic heterocycles. The molecule has 3 nitrogen and oxygen atoms in total. The predicted octanol–water partition coefficient (Wildman–Crippen LogP) is 4.44. The van der Waals surface area contributed by atoms with Gasteiger partial charge in [0.25, 0.3) is 0 Å². The highest BCUT2D eigenvalue weighted by Crippen LogP contribution is 2.24. The van der Waals surface area contributed by atoms with Gasteiger partial charge in [-0.25, -0.2) is 0 Å². The van der Waals surface area contributed by atoms with Crippen molar-refractivity contribution >= 4 is 17.5 Å². The SMILES string of the molecule is CC/C=C(Cl)\C(=C/CC(F)(F)F)C(N)=O.OCC1CCCCC1. The van der Waals surface area contributed by atoms with Crippen molar-refractivity contribution in [2.24, 2.45) is 11.7 Å². The Bertz CT molecular complexity index is 414. The maximum absolute atomic E-state index is 11.9. The largest absolute Gasteiger partial charge is 0.396 e. The van der Waals surface area contributed by atoms with Gasteiger partial charge >= 0.3 is 6.18 Å². The second-order valence-electron chi connectivity index (χ2n) is 5.45. The molecule has 1 aliphatic rings. The topological polar surface area (TPSA) is 63.3 Å². The summed E-state index contributed by atoms with van der Waals surface area (Å²) in [6, 6.07) is 0. The molecule has 134 valence electrons. The lowest BCUT2D eigenvalue weighted by molar-refractivity contribution is -0.125. The van der Waals surface area contributed by atoms with E-state index in [2.05, 4.69) is 0 Å². The first kappa shape index (κ1) is 22.0. The van der Waals surface area contributed by atoms with Crippen molar-refractivity contribution in [2.45, 2.75) is 58.0 Å². The number of allylic oxidation sites excluding steroid dienone is 2. The van der Waals surface area contributed by atoms with E-state index in [0.717, 1.165) is 0 Å². The Kier molecular flexibility index (Phi) is 11.0. The second kappa shape index (κ2) is 11.5. The fraction of sp³-hybridized carbons (Fsp3) is 0.688. The number of primary amides is 1.